The van der Waals surface area contributed by atoms with Gasteiger partial charge in [-0.15, -0.1) is 0 Å². The molecule has 0 spiro atoms. The van der Waals surface area contributed by atoms with E-state index in [-0.39, 0.29) is 0 Å². The third-order valence-corrected chi connectivity index (χ3v) is 8.74. The fourth-order valence-corrected chi connectivity index (χ4v) is 6.56. The van der Waals surface area contributed by atoms with Crippen LogP contribution in [-0.2, 0) is 4.43 Å². The molecule has 2 rings (SSSR count). The van der Waals surface area contributed by atoms with Crippen molar-refractivity contribution in [2.75, 3.05) is 6.61 Å². The van der Waals surface area contributed by atoms with E-state index < -0.39 is 8.32 Å². The summed E-state index contributed by atoms with van der Waals surface area (Å²) in [5.74, 6) is 0. The quantitative estimate of drug-likeness (QED) is 0.761. The fourth-order valence-electron chi connectivity index (χ4n) is 2.07. The van der Waals surface area contributed by atoms with Gasteiger partial charge in [-0.25, -0.2) is 0 Å². The summed E-state index contributed by atoms with van der Waals surface area (Å²) in [5, 5.41) is 3.44. The molecule has 1 aromatic carbocycles. The van der Waals surface area contributed by atoms with Crippen molar-refractivity contribution >= 4 is 35.4 Å². The van der Waals surface area contributed by atoms with Crippen LogP contribution in [0.3, 0.4) is 0 Å². The monoisotopic (exact) mass is 274 g/mol. The Hall–Kier alpha value is -1.16. The van der Waals surface area contributed by atoms with Crippen LogP contribution in [0.15, 0.2) is 48.4 Å². The maximum atomic E-state index is 6.16. The molecule has 0 saturated carbocycles. The van der Waals surface area contributed by atoms with Gasteiger partial charge in [0.25, 0.3) is 8.32 Å². The Bertz CT molecular complexity index is 504. The van der Waals surface area contributed by atoms with E-state index in [4.69, 9.17) is 4.43 Å². The largest absolute Gasteiger partial charge is 0.408 e. The molecule has 1 heterocycles. The molecule has 1 unspecified atom stereocenters. The zero-order valence-corrected chi connectivity index (χ0v) is 12.7. The molecule has 1 atom stereocenters. The second kappa shape index (κ2) is 5.65. The maximum absolute atomic E-state index is 6.16. The summed E-state index contributed by atoms with van der Waals surface area (Å²) in [6, 6.07) is 12.9. The standard InChI is InChI=1S/C15H18OSSi/c1-4-13-8-10-14(11-9-13)18(3,16-5-2)15-7-6-12-17-15/h4,6-12H,1,5H2,2-3H3. The van der Waals surface area contributed by atoms with Crippen LogP contribution in [0, 0.1) is 0 Å². The predicted octanol–water partition coefficient (Wildman–Crippen LogP) is 3.12. The number of rotatable bonds is 5. The second-order valence-corrected chi connectivity index (χ2v) is 9.05. The van der Waals surface area contributed by atoms with Gasteiger partial charge in [0, 0.05) is 11.1 Å². The highest BCUT2D eigenvalue weighted by molar-refractivity contribution is 7.26. The summed E-state index contributed by atoms with van der Waals surface area (Å²) in [4.78, 5) is 0. The third kappa shape index (κ3) is 2.48. The molecule has 3 heteroatoms. The summed E-state index contributed by atoms with van der Waals surface area (Å²) in [6.45, 7) is 8.88. The maximum Gasteiger partial charge on any atom is 0.262 e. The van der Waals surface area contributed by atoms with E-state index in [1.165, 1.54) is 9.69 Å². The molecule has 2 aromatic rings. The number of thiophene rings is 1. The summed E-state index contributed by atoms with van der Waals surface area (Å²) < 4.78 is 7.53. The molecule has 0 aliphatic rings. The van der Waals surface area contributed by atoms with E-state index in [1.807, 2.05) is 6.08 Å². The Morgan fingerprint density at radius 2 is 2.00 bits per heavy atom. The third-order valence-electron chi connectivity index (χ3n) is 3.12. The molecule has 0 aliphatic heterocycles. The highest BCUT2D eigenvalue weighted by Gasteiger charge is 2.34. The van der Waals surface area contributed by atoms with Crippen molar-refractivity contribution in [3.05, 3.63) is 53.9 Å². The van der Waals surface area contributed by atoms with E-state index in [9.17, 15) is 0 Å². The number of hydrogen-bond acceptors (Lipinski definition) is 2. The van der Waals surface area contributed by atoms with Gasteiger partial charge in [0.1, 0.15) is 0 Å². The Kier molecular flexibility index (Phi) is 4.17. The van der Waals surface area contributed by atoms with Crippen molar-refractivity contribution in [3.8, 4) is 0 Å². The lowest BCUT2D eigenvalue weighted by atomic mass is 10.2. The van der Waals surface area contributed by atoms with Crippen molar-refractivity contribution in [2.45, 2.75) is 13.5 Å². The predicted molar refractivity (Wildman–Crippen MR) is 83.4 cm³/mol. The SMILES string of the molecule is C=Cc1ccc([Si](C)(OCC)c2cccs2)cc1. The van der Waals surface area contributed by atoms with Gasteiger partial charge in [0.2, 0.25) is 0 Å². The van der Waals surface area contributed by atoms with Gasteiger partial charge in [-0.3, -0.25) is 0 Å². The van der Waals surface area contributed by atoms with Crippen molar-refractivity contribution in [1.82, 2.24) is 0 Å². The van der Waals surface area contributed by atoms with E-state index in [1.54, 1.807) is 11.3 Å². The normalized spacial score (nSPS) is 14.1. The highest BCUT2D eigenvalue weighted by atomic mass is 32.1. The zero-order chi connectivity index (χ0) is 13.0. The lowest BCUT2D eigenvalue weighted by molar-refractivity contribution is 0.344. The summed E-state index contributed by atoms with van der Waals surface area (Å²) in [7, 11) is -2.00. The van der Waals surface area contributed by atoms with Crippen LogP contribution in [0.4, 0.5) is 0 Å². The summed E-state index contributed by atoms with van der Waals surface area (Å²) in [5.41, 5.74) is 1.15. The van der Waals surface area contributed by atoms with Gasteiger partial charge in [0.15, 0.2) is 0 Å². The van der Waals surface area contributed by atoms with Crippen molar-refractivity contribution in [3.63, 3.8) is 0 Å². The second-order valence-electron chi connectivity index (χ2n) is 4.27. The molecule has 0 radical (unpaired) electrons. The molecule has 0 aliphatic carbocycles. The average molecular weight is 274 g/mol. The molecule has 0 N–H and O–H groups in total. The minimum atomic E-state index is -2.00. The molecule has 0 saturated heterocycles. The van der Waals surface area contributed by atoms with Crippen molar-refractivity contribution in [1.29, 1.82) is 0 Å². The number of benzene rings is 1. The van der Waals surface area contributed by atoms with Gasteiger partial charge < -0.3 is 4.43 Å². The van der Waals surface area contributed by atoms with Gasteiger partial charge in [0.05, 0.1) is 0 Å². The minimum absolute atomic E-state index is 0.754. The Morgan fingerprint density at radius 1 is 1.28 bits per heavy atom. The Labute approximate surface area is 114 Å². The highest BCUT2D eigenvalue weighted by Crippen LogP contribution is 2.12. The molecule has 94 valence electrons. The summed E-state index contributed by atoms with van der Waals surface area (Å²) in [6.07, 6.45) is 1.87. The first-order valence-corrected chi connectivity index (χ1v) is 9.40. The Morgan fingerprint density at radius 3 is 2.50 bits per heavy atom. The van der Waals surface area contributed by atoms with E-state index in [2.05, 4.69) is 61.8 Å². The average Bonchev–Trinajstić information content (AvgIpc) is 2.93. The Balaban J connectivity index is 2.43. The first kappa shape index (κ1) is 13.3. The lowest BCUT2D eigenvalue weighted by Gasteiger charge is -2.26. The van der Waals surface area contributed by atoms with Crippen LogP contribution in [0.2, 0.25) is 6.55 Å². The van der Waals surface area contributed by atoms with E-state index >= 15 is 0 Å². The van der Waals surface area contributed by atoms with E-state index in [0.717, 1.165) is 12.2 Å². The zero-order valence-electron chi connectivity index (χ0n) is 10.8. The molecule has 0 amide bonds. The first-order valence-electron chi connectivity index (χ1n) is 6.11. The molecule has 18 heavy (non-hydrogen) atoms. The van der Waals surface area contributed by atoms with Gasteiger partial charge in [-0.05, 0) is 35.7 Å². The van der Waals surface area contributed by atoms with Gasteiger partial charge in [-0.2, -0.15) is 11.3 Å². The molecule has 0 fully saturated rings. The van der Waals surface area contributed by atoms with E-state index in [0.29, 0.717) is 0 Å². The molecule has 0 bridgehead atoms. The summed E-state index contributed by atoms with van der Waals surface area (Å²) >= 11 is 1.79. The lowest BCUT2D eigenvalue weighted by Crippen LogP contribution is -2.57. The van der Waals surface area contributed by atoms with Crippen LogP contribution < -0.4 is 9.69 Å². The first-order chi connectivity index (χ1) is 8.70. The molecule has 1 nitrogen and oxygen atoms in total. The fraction of sp³-hybridized carbons (Fsp3) is 0.200. The smallest absolute Gasteiger partial charge is 0.262 e. The van der Waals surface area contributed by atoms with Gasteiger partial charge in [-0.1, -0.05) is 43.0 Å². The molecular formula is C15H18OSSi. The van der Waals surface area contributed by atoms with Crippen LogP contribution in [0.5, 0.6) is 0 Å². The van der Waals surface area contributed by atoms with Crippen LogP contribution >= 0.6 is 11.3 Å². The van der Waals surface area contributed by atoms with Crippen molar-refractivity contribution < 1.29 is 4.43 Å². The van der Waals surface area contributed by atoms with Crippen LogP contribution in [-0.4, -0.2) is 14.9 Å². The van der Waals surface area contributed by atoms with Crippen LogP contribution in [0.1, 0.15) is 12.5 Å². The molecular weight excluding hydrogens is 256 g/mol. The molecule has 1 aromatic heterocycles. The topological polar surface area (TPSA) is 9.23 Å². The number of hydrogen-bond donors (Lipinski definition) is 0. The van der Waals surface area contributed by atoms with Gasteiger partial charge >= 0.3 is 0 Å². The van der Waals surface area contributed by atoms with Crippen LogP contribution in [0.25, 0.3) is 6.08 Å². The van der Waals surface area contributed by atoms with Crippen molar-refractivity contribution in [2.24, 2.45) is 0 Å². The minimum Gasteiger partial charge on any atom is -0.408 e.